The van der Waals surface area contributed by atoms with E-state index >= 15 is 0 Å². The summed E-state index contributed by atoms with van der Waals surface area (Å²) in [6.45, 7) is 12.7. The SMILES string of the molecule is C=C(/C=C(/F)C(=C)O)C(=C)N=C(SC)c1ccc(N2CCCC2)nc1. The number of hydrogen-bond donors (Lipinski definition) is 1. The summed E-state index contributed by atoms with van der Waals surface area (Å²) in [7, 11) is 0. The van der Waals surface area contributed by atoms with Gasteiger partial charge in [0.15, 0.2) is 5.83 Å². The smallest absolute Gasteiger partial charge is 0.164 e. The van der Waals surface area contributed by atoms with Crippen LogP contribution in [0, 0.1) is 0 Å². The van der Waals surface area contributed by atoms with E-state index < -0.39 is 11.6 Å². The van der Waals surface area contributed by atoms with Crippen LogP contribution in [0.3, 0.4) is 0 Å². The molecule has 1 aromatic rings. The number of nitrogens with zero attached hydrogens (tertiary/aromatic N) is 3. The number of anilines is 1. The van der Waals surface area contributed by atoms with Gasteiger partial charge in [0.05, 0.1) is 5.70 Å². The van der Waals surface area contributed by atoms with Crippen molar-refractivity contribution in [1.82, 2.24) is 4.98 Å². The van der Waals surface area contributed by atoms with E-state index in [1.807, 2.05) is 18.4 Å². The van der Waals surface area contributed by atoms with E-state index in [2.05, 4.69) is 34.6 Å². The largest absolute Gasteiger partial charge is 0.506 e. The lowest BCUT2D eigenvalue weighted by Crippen LogP contribution is -2.18. The van der Waals surface area contributed by atoms with E-state index in [1.165, 1.54) is 24.6 Å². The van der Waals surface area contributed by atoms with Crippen LogP contribution in [0.4, 0.5) is 10.2 Å². The summed E-state index contributed by atoms with van der Waals surface area (Å²) < 4.78 is 13.4. The molecule has 0 radical (unpaired) electrons. The summed E-state index contributed by atoms with van der Waals surface area (Å²) in [4.78, 5) is 11.2. The number of aliphatic hydroxyl groups is 1. The molecule has 2 rings (SSSR count). The normalized spacial score (nSPS) is 15.4. The van der Waals surface area contributed by atoms with Crippen LogP contribution in [-0.4, -0.2) is 34.5 Å². The number of aliphatic hydroxyl groups excluding tert-OH is 1. The molecule has 1 fully saturated rings. The maximum absolute atomic E-state index is 13.4. The number of rotatable bonds is 6. The second-order valence-corrected chi connectivity index (χ2v) is 6.43. The molecular weight excluding hydrogens is 337 g/mol. The average molecular weight is 359 g/mol. The molecular formula is C19H22FN3OS. The van der Waals surface area contributed by atoms with Crippen LogP contribution in [0.25, 0.3) is 0 Å². The molecule has 1 aliphatic heterocycles. The Labute approximate surface area is 152 Å². The van der Waals surface area contributed by atoms with Crippen molar-refractivity contribution in [1.29, 1.82) is 0 Å². The van der Waals surface area contributed by atoms with Gasteiger partial charge in [-0.05, 0) is 42.9 Å². The molecule has 0 saturated carbocycles. The summed E-state index contributed by atoms with van der Waals surface area (Å²) in [5.41, 5.74) is 1.44. The van der Waals surface area contributed by atoms with Crippen molar-refractivity contribution in [3.8, 4) is 0 Å². The Morgan fingerprint density at radius 1 is 1.32 bits per heavy atom. The monoisotopic (exact) mass is 359 g/mol. The number of pyridine rings is 1. The number of halogens is 1. The molecule has 0 aliphatic carbocycles. The lowest BCUT2D eigenvalue weighted by atomic mass is 10.2. The Bertz CT molecular complexity index is 732. The maximum Gasteiger partial charge on any atom is 0.164 e. The van der Waals surface area contributed by atoms with Crippen LogP contribution in [0.15, 0.2) is 72.0 Å². The number of hydrogen-bond acceptors (Lipinski definition) is 5. The van der Waals surface area contributed by atoms with Crippen LogP contribution in [-0.2, 0) is 0 Å². The minimum absolute atomic E-state index is 0.265. The zero-order valence-corrected chi connectivity index (χ0v) is 15.2. The second-order valence-electron chi connectivity index (χ2n) is 5.63. The lowest BCUT2D eigenvalue weighted by molar-refractivity contribution is 0.392. The Morgan fingerprint density at radius 2 is 2.00 bits per heavy atom. The third-order valence-corrected chi connectivity index (χ3v) is 4.52. The topological polar surface area (TPSA) is 48.7 Å². The average Bonchev–Trinajstić information content (AvgIpc) is 3.14. The van der Waals surface area contributed by atoms with Gasteiger partial charge < -0.3 is 10.0 Å². The zero-order chi connectivity index (χ0) is 18.4. The number of thioether (sulfide) groups is 1. The van der Waals surface area contributed by atoms with Gasteiger partial charge in [0.2, 0.25) is 0 Å². The molecule has 2 heterocycles. The highest BCUT2D eigenvalue weighted by Crippen LogP contribution is 2.22. The van der Waals surface area contributed by atoms with Gasteiger partial charge in [0, 0.05) is 24.8 Å². The molecule has 0 amide bonds. The van der Waals surface area contributed by atoms with Crippen molar-refractivity contribution >= 4 is 22.6 Å². The molecule has 1 N–H and O–H groups in total. The van der Waals surface area contributed by atoms with Crippen LogP contribution in [0.5, 0.6) is 0 Å². The van der Waals surface area contributed by atoms with Crippen LogP contribution in [0.1, 0.15) is 18.4 Å². The van der Waals surface area contributed by atoms with E-state index in [0.717, 1.165) is 30.5 Å². The summed E-state index contributed by atoms with van der Waals surface area (Å²) in [6.07, 6.45) is 7.14. The minimum Gasteiger partial charge on any atom is -0.506 e. The van der Waals surface area contributed by atoms with Gasteiger partial charge in [-0.25, -0.2) is 14.4 Å². The van der Waals surface area contributed by atoms with Crippen LogP contribution < -0.4 is 4.90 Å². The predicted molar refractivity (Wildman–Crippen MR) is 105 cm³/mol. The highest BCUT2D eigenvalue weighted by molar-refractivity contribution is 8.13. The van der Waals surface area contributed by atoms with Gasteiger partial charge in [-0.2, -0.15) is 0 Å². The Morgan fingerprint density at radius 3 is 2.52 bits per heavy atom. The highest BCUT2D eigenvalue weighted by Gasteiger charge is 2.14. The zero-order valence-electron chi connectivity index (χ0n) is 14.3. The van der Waals surface area contributed by atoms with Crippen molar-refractivity contribution in [3.63, 3.8) is 0 Å². The first-order valence-corrected chi connectivity index (χ1v) is 9.12. The van der Waals surface area contributed by atoms with Gasteiger partial charge in [-0.1, -0.05) is 19.7 Å². The molecule has 4 nitrogen and oxygen atoms in total. The fraction of sp³-hybridized carbons (Fsp3) is 0.263. The van der Waals surface area contributed by atoms with E-state index in [-0.39, 0.29) is 5.57 Å². The van der Waals surface area contributed by atoms with E-state index in [1.54, 1.807) is 6.20 Å². The van der Waals surface area contributed by atoms with Crippen LogP contribution >= 0.6 is 11.8 Å². The first kappa shape index (κ1) is 19.0. The van der Waals surface area contributed by atoms with Crippen molar-refractivity contribution < 1.29 is 9.50 Å². The molecule has 0 unspecified atom stereocenters. The fourth-order valence-electron chi connectivity index (χ4n) is 2.39. The fourth-order valence-corrected chi connectivity index (χ4v) is 2.95. The molecule has 6 heteroatoms. The molecule has 1 aliphatic rings. The number of aliphatic imine (C=N–C) groups is 1. The summed E-state index contributed by atoms with van der Waals surface area (Å²) in [5, 5.41) is 9.72. The first-order chi connectivity index (χ1) is 11.9. The quantitative estimate of drug-likeness (QED) is 0.343. The molecule has 132 valence electrons. The van der Waals surface area contributed by atoms with Gasteiger partial charge in [0.1, 0.15) is 16.6 Å². The van der Waals surface area contributed by atoms with E-state index in [4.69, 9.17) is 5.11 Å². The van der Waals surface area contributed by atoms with Gasteiger partial charge >= 0.3 is 0 Å². The van der Waals surface area contributed by atoms with Crippen molar-refractivity contribution in [3.05, 3.63) is 72.6 Å². The predicted octanol–water partition coefficient (Wildman–Crippen LogP) is 4.79. The Hall–Kier alpha value is -2.34. The number of allylic oxidation sites excluding steroid dienone is 2. The molecule has 0 spiro atoms. The molecule has 0 atom stereocenters. The molecule has 0 aromatic carbocycles. The second kappa shape index (κ2) is 8.67. The highest BCUT2D eigenvalue weighted by atomic mass is 32.2. The molecule has 0 bridgehead atoms. The minimum atomic E-state index is -0.858. The summed E-state index contributed by atoms with van der Waals surface area (Å²) in [6, 6.07) is 3.96. The lowest BCUT2D eigenvalue weighted by Gasteiger charge is -2.16. The van der Waals surface area contributed by atoms with Crippen molar-refractivity contribution in [2.75, 3.05) is 24.2 Å². The van der Waals surface area contributed by atoms with E-state index in [9.17, 15) is 4.39 Å². The van der Waals surface area contributed by atoms with E-state index in [0.29, 0.717) is 10.7 Å². The Kier molecular flexibility index (Phi) is 6.58. The third-order valence-electron chi connectivity index (χ3n) is 3.80. The van der Waals surface area contributed by atoms with Crippen molar-refractivity contribution in [2.45, 2.75) is 12.8 Å². The number of aromatic nitrogens is 1. The summed E-state index contributed by atoms with van der Waals surface area (Å²) >= 11 is 1.45. The molecule has 1 saturated heterocycles. The molecule has 1 aromatic heterocycles. The van der Waals surface area contributed by atoms with Crippen LogP contribution in [0.2, 0.25) is 0 Å². The standard InChI is InChI=1S/C19H22FN3OS/c1-13(11-17(20)15(3)24)14(2)22-19(25-4)16-7-8-18(21-12-16)23-9-5-6-10-23/h7-8,11-12,24H,1-3,5-6,9-10H2,4H3/b17-11+,22-19?. The molecule has 25 heavy (non-hydrogen) atoms. The van der Waals surface area contributed by atoms with Gasteiger partial charge in [-0.3, -0.25) is 0 Å². The van der Waals surface area contributed by atoms with Gasteiger partial charge in [0.25, 0.3) is 0 Å². The van der Waals surface area contributed by atoms with Crippen molar-refractivity contribution in [2.24, 2.45) is 4.99 Å². The first-order valence-electron chi connectivity index (χ1n) is 7.90. The summed E-state index contributed by atoms with van der Waals surface area (Å²) in [5.74, 6) is -0.537. The van der Waals surface area contributed by atoms with Gasteiger partial charge in [-0.15, -0.1) is 11.8 Å². The third kappa shape index (κ3) is 5.06. The Balaban J connectivity index is 2.16. The maximum atomic E-state index is 13.4.